The van der Waals surface area contributed by atoms with E-state index in [2.05, 4.69) is 10.2 Å². The number of hydrogen-bond acceptors (Lipinski definition) is 5. The number of para-hydroxylation sites is 1. The molecule has 1 amide bonds. The van der Waals surface area contributed by atoms with Crippen molar-refractivity contribution in [2.24, 2.45) is 0 Å². The van der Waals surface area contributed by atoms with Gasteiger partial charge in [-0.1, -0.05) is 12.1 Å². The van der Waals surface area contributed by atoms with Gasteiger partial charge >= 0.3 is 0 Å². The largest absolute Gasteiger partial charge is 0.493 e. The van der Waals surface area contributed by atoms with Crippen molar-refractivity contribution >= 4 is 5.91 Å². The van der Waals surface area contributed by atoms with Crippen LogP contribution in [0.2, 0.25) is 0 Å². The zero-order valence-electron chi connectivity index (χ0n) is 15.4. The van der Waals surface area contributed by atoms with Crippen LogP contribution in [0.15, 0.2) is 40.8 Å². The summed E-state index contributed by atoms with van der Waals surface area (Å²) in [6.07, 6.45) is 0. The van der Waals surface area contributed by atoms with Crippen molar-refractivity contribution in [3.63, 3.8) is 0 Å². The molecule has 1 aliphatic rings. The minimum atomic E-state index is -0.143. The van der Waals surface area contributed by atoms with E-state index < -0.39 is 0 Å². The van der Waals surface area contributed by atoms with Crippen molar-refractivity contribution in [1.82, 2.24) is 10.2 Å². The van der Waals surface area contributed by atoms with E-state index in [0.717, 1.165) is 24.6 Å². The van der Waals surface area contributed by atoms with Crippen molar-refractivity contribution in [3.05, 3.63) is 53.5 Å². The zero-order valence-corrected chi connectivity index (χ0v) is 15.4. The lowest BCUT2D eigenvalue weighted by Gasteiger charge is -2.33. The number of carbonyl (C=O) groups excluding carboxylic acids is 1. The van der Waals surface area contributed by atoms with Gasteiger partial charge in [-0.25, -0.2) is 0 Å². The van der Waals surface area contributed by atoms with Gasteiger partial charge in [-0.3, -0.25) is 9.69 Å². The van der Waals surface area contributed by atoms with Crippen LogP contribution >= 0.6 is 0 Å². The molecule has 0 spiro atoms. The van der Waals surface area contributed by atoms with E-state index in [1.54, 1.807) is 6.07 Å². The van der Waals surface area contributed by atoms with Crippen molar-refractivity contribution < 1.29 is 18.7 Å². The first-order chi connectivity index (χ1) is 12.7. The number of nitrogens with one attached hydrogen (secondary N) is 1. The second-order valence-electron chi connectivity index (χ2n) is 6.25. The van der Waals surface area contributed by atoms with Gasteiger partial charge in [-0.05, 0) is 38.1 Å². The van der Waals surface area contributed by atoms with Crippen molar-refractivity contribution in [2.75, 3.05) is 39.5 Å². The number of ether oxygens (including phenoxy) is 2. The van der Waals surface area contributed by atoms with Gasteiger partial charge in [0.1, 0.15) is 17.3 Å². The van der Waals surface area contributed by atoms with Gasteiger partial charge in [0.15, 0.2) is 0 Å². The van der Waals surface area contributed by atoms with Gasteiger partial charge in [0.05, 0.1) is 31.4 Å². The van der Waals surface area contributed by atoms with Crippen LogP contribution in [-0.4, -0.2) is 50.3 Å². The molecule has 140 valence electrons. The molecule has 0 saturated carbocycles. The number of nitrogens with zero attached hydrogens (tertiary/aromatic N) is 1. The topological polar surface area (TPSA) is 63.9 Å². The molecule has 1 N–H and O–H groups in total. The Bertz CT molecular complexity index is 722. The number of rotatable bonds is 7. The number of amides is 1. The van der Waals surface area contributed by atoms with Crippen LogP contribution < -0.4 is 10.1 Å². The van der Waals surface area contributed by atoms with Crippen molar-refractivity contribution in [3.8, 4) is 5.75 Å². The molecule has 6 nitrogen and oxygen atoms in total. The Hall–Kier alpha value is -2.31. The standard InChI is InChI=1S/C20H26N2O4/c1-3-25-18-7-5-4-6-16(18)20(23)21-14-17(19-9-8-15(2)26-19)22-10-12-24-13-11-22/h4-9,17H,3,10-14H2,1-2H3,(H,21,23). The molecular weight excluding hydrogens is 332 g/mol. The smallest absolute Gasteiger partial charge is 0.255 e. The first kappa shape index (κ1) is 18.5. The molecule has 0 aliphatic carbocycles. The number of aryl methyl sites for hydroxylation is 1. The van der Waals surface area contributed by atoms with Crippen LogP contribution in [0.5, 0.6) is 5.75 Å². The molecule has 3 rings (SSSR count). The molecule has 1 aromatic carbocycles. The van der Waals surface area contributed by atoms with Crippen LogP contribution in [0.1, 0.15) is 34.8 Å². The summed E-state index contributed by atoms with van der Waals surface area (Å²) in [4.78, 5) is 15.0. The van der Waals surface area contributed by atoms with E-state index in [1.165, 1.54) is 0 Å². The first-order valence-corrected chi connectivity index (χ1v) is 9.07. The lowest BCUT2D eigenvalue weighted by Crippen LogP contribution is -2.43. The highest BCUT2D eigenvalue weighted by atomic mass is 16.5. The molecule has 26 heavy (non-hydrogen) atoms. The molecule has 0 bridgehead atoms. The van der Waals surface area contributed by atoms with Crippen LogP contribution in [0, 0.1) is 6.92 Å². The van der Waals surface area contributed by atoms with Crippen molar-refractivity contribution in [2.45, 2.75) is 19.9 Å². The fourth-order valence-corrected chi connectivity index (χ4v) is 3.15. The lowest BCUT2D eigenvalue weighted by molar-refractivity contribution is 0.0117. The molecule has 6 heteroatoms. The molecule has 1 saturated heterocycles. The highest BCUT2D eigenvalue weighted by molar-refractivity contribution is 5.96. The second kappa shape index (κ2) is 8.87. The van der Waals surface area contributed by atoms with Crippen LogP contribution in [0.25, 0.3) is 0 Å². The summed E-state index contributed by atoms with van der Waals surface area (Å²) in [5.41, 5.74) is 0.547. The third kappa shape index (κ3) is 4.45. The number of furan rings is 1. The fraction of sp³-hybridized carbons (Fsp3) is 0.450. The summed E-state index contributed by atoms with van der Waals surface area (Å²) in [5.74, 6) is 2.19. The maximum Gasteiger partial charge on any atom is 0.255 e. The van der Waals surface area contributed by atoms with E-state index in [-0.39, 0.29) is 11.9 Å². The Kier molecular flexibility index (Phi) is 6.30. The quantitative estimate of drug-likeness (QED) is 0.825. The normalized spacial score (nSPS) is 16.2. The summed E-state index contributed by atoms with van der Waals surface area (Å²) < 4.78 is 16.9. The summed E-state index contributed by atoms with van der Waals surface area (Å²) in [6.45, 7) is 7.83. The highest BCUT2D eigenvalue weighted by Crippen LogP contribution is 2.24. The summed E-state index contributed by atoms with van der Waals surface area (Å²) in [7, 11) is 0. The third-order valence-corrected chi connectivity index (χ3v) is 4.46. The number of hydrogen-bond donors (Lipinski definition) is 1. The van der Waals surface area contributed by atoms with Crippen LogP contribution in [-0.2, 0) is 4.74 Å². The van der Waals surface area contributed by atoms with Gasteiger partial charge in [0, 0.05) is 19.6 Å². The molecule has 1 unspecified atom stereocenters. The van der Waals surface area contributed by atoms with Gasteiger partial charge in [0.25, 0.3) is 5.91 Å². The van der Waals surface area contributed by atoms with Gasteiger partial charge in [-0.15, -0.1) is 0 Å². The van der Waals surface area contributed by atoms with Gasteiger partial charge in [-0.2, -0.15) is 0 Å². The summed E-state index contributed by atoms with van der Waals surface area (Å²) in [6, 6.07) is 11.2. The number of carbonyl (C=O) groups is 1. The predicted octanol–water partition coefficient (Wildman–Crippen LogP) is 2.79. The minimum absolute atomic E-state index is 0.0178. The summed E-state index contributed by atoms with van der Waals surface area (Å²) in [5, 5.41) is 3.04. The molecule has 2 heterocycles. The monoisotopic (exact) mass is 358 g/mol. The molecule has 1 fully saturated rings. The fourth-order valence-electron chi connectivity index (χ4n) is 3.15. The third-order valence-electron chi connectivity index (χ3n) is 4.46. The Labute approximate surface area is 154 Å². The average molecular weight is 358 g/mol. The maximum atomic E-state index is 12.7. The van der Waals surface area contributed by atoms with Gasteiger partial charge < -0.3 is 19.2 Å². The minimum Gasteiger partial charge on any atom is -0.493 e. The van der Waals surface area contributed by atoms with E-state index >= 15 is 0 Å². The number of benzene rings is 1. The maximum absolute atomic E-state index is 12.7. The Morgan fingerprint density at radius 3 is 2.69 bits per heavy atom. The van der Waals surface area contributed by atoms with E-state index in [4.69, 9.17) is 13.9 Å². The van der Waals surface area contributed by atoms with E-state index in [1.807, 2.05) is 44.2 Å². The zero-order chi connectivity index (χ0) is 18.4. The van der Waals surface area contributed by atoms with E-state index in [0.29, 0.717) is 37.7 Å². The first-order valence-electron chi connectivity index (χ1n) is 9.07. The van der Waals surface area contributed by atoms with Crippen LogP contribution in [0.4, 0.5) is 0 Å². The SMILES string of the molecule is CCOc1ccccc1C(=O)NCC(c1ccc(C)o1)N1CCOCC1. The molecule has 2 aromatic rings. The average Bonchev–Trinajstić information content (AvgIpc) is 3.09. The Morgan fingerprint density at radius 2 is 2.00 bits per heavy atom. The lowest BCUT2D eigenvalue weighted by atomic mass is 10.1. The number of morpholine rings is 1. The van der Waals surface area contributed by atoms with Gasteiger partial charge in [0.2, 0.25) is 0 Å². The molecular formula is C20H26N2O4. The Morgan fingerprint density at radius 1 is 1.23 bits per heavy atom. The van der Waals surface area contributed by atoms with Crippen LogP contribution in [0.3, 0.4) is 0 Å². The summed E-state index contributed by atoms with van der Waals surface area (Å²) >= 11 is 0. The van der Waals surface area contributed by atoms with Crippen molar-refractivity contribution in [1.29, 1.82) is 0 Å². The molecule has 1 aromatic heterocycles. The molecule has 0 radical (unpaired) electrons. The molecule has 1 atom stereocenters. The predicted molar refractivity (Wildman–Crippen MR) is 98.5 cm³/mol. The molecule has 1 aliphatic heterocycles. The Balaban J connectivity index is 1.72. The highest BCUT2D eigenvalue weighted by Gasteiger charge is 2.26. The second-order valence-corrected chi connectivity index (χ2v) is 6.25. The van der Waals surface area contributed by atoms with E-state index in [9.17, 15) is 4.79 Å².